The average Bonchev–Trinajstić information content (AvgIpc) is 2.84. The van der Waals surface area contributed by atoms with Crippen LogP contribution in [0.4, 0.5) is 0 Å². The van der Waals surface area contributed by atoms with Gasteiger partial charge in [0.2, 0.25) is 10.0 Å². The summed E-state index contributed by atoms with van der Waals surface area (Å²) in [7, 11) is -3.56. The Bertz CT molecular complexity index is 945. The molecule has 0 amide bonds. The van der Waals surface area contributed by atoms with E-state index in [0.717, 1.165) is 24.8 Å². The van der Waals surface area contributed by atoms with Crippen LogP contribution in [0.5, 0.6) is 0 Å². The lowest BCUT2D eigenvalue weighted by Crippen LogP contribution is -2.35. The SMILES string of the molecule is O=c1[nH]nc2n1CC[C@@H](NS(=O)(=O)c1ccc3c(c1)CCCC3)CC2. The number of sulfonamides is 1. The molecule has 2 N–H and O–H groups in total. The third-order valence-corrected chi connectivity index (χ3v) is 6.73. The predicted octanol–water partition coefficient (Wildman–Crippen LogP) is 1.13. The number of H-pyrrole nitrogens is 1. The average molecular weight is 362 g/mol. The van der Waals surface area contributed by atoms with Crippen LogP contribution in [-0.4, -0.2) is 29.2 Å². The Morgan fingerprint density at radius 2 is 1.92 bits per heavy atom. The molecule has 2 aliphatic rings. The topological polar surface area (TPSA) is 96.8 Å². The van der Waals surface area contributed by atoms with E-state index in [4.69, 9.17) is 0 Å². The Kier molecular flexibility index (Phi) is 4.24. The number of fused-ring (bicyclic) bond motifs is 2. The quantitative estimate of drug-likeness (QED) is 0.855. The van der Waals surface area contributed by atoms with Crippen molar-refractivity contribution in [2.75, 3.05) is 0 Å². The third kappa shape index (κ3) is 3.28. The highest BCUT2D eigenvalue weighted by atomic mass is 32.2. The first-order valence-electron chi connectivity index (χ1n) is 8.81. The molecule has 25 heavy (non-hydrogen) atoms. The highest BCUT2D eigenvalue weighted by molar-refractivity contribution is 7.89. The second-order valence-corrected chi connectivity index (χ2v) is 8.59. The van der Waals surface area contributed by atoms with Gasteiger partial charge in [0.15, 0.2) is 0 Å². The van der Waals surface area contributed by atoms with Crippen LogP contribution in [0.3, 0.4) is 0 Å². The molecule has 0 spiro atoms. The zero-order valence-electron chi connectivity index (χ0n) is 14.0. The maximum absolute atomic E-state index is 12.8. The lowest BCUT2D eigenvalue weighted by molar-refractivity contribution is 0.493. The van der Waals surface area contributed by atoms with E-state index >= 15 is 0 Å². The fourth-order valence-corrected chi connectivity index (χ4v) is 5.14. The van der Waals surface area contributed by atoms with Crippen molar-refractivity contribution in [2.45, 2.75) is 62.4 Å². The van der Waals surface area contributed by atoms with Crippen LogP contribution < -0.4 is 10.4 Å². The molecule has 7 nitrogen and oxygen atoms in total. The van der Waals surface area contributed by atoms with Crippen molar-refractivity contribution in [1.82, 2.24) is 19.5 Å². The van der Waals surface area contributed by atoms with Gasteiger partial charge in [-0.1, -0.05) is 6.07 Å². The number of rotatable bonds is 3. The van der Waals surface area contributed by atoms with E-state index in [0.29, 0.717) is 36.5 Å². The van der Waals surface area contributed by atoms with Gasteiger partial charge in [0.25, 0.3) is 0 Å². The molecule has 0 fully saturated rings. The summed E-state index contributed by atoms with van der Waals surface area (Å²) in [6.45, 7) is 0.474. The maximum atomic E-state index is 12.8. The molecule has 4 rings (SSSR count). The highest BCUT2D eigenvalue weighted by Crippen LogP contribution is 2.24. The number of aryl methyl sites for hydroxylation is 3. The maximum Gasteiger partial charge on any atom is 0.343 e. The summed E-state index contributed by atoms with van der Waals surface area (Å²) in [4.78, 5) is 12.0. The van der Waals surface area contributed by atoms with Crippen molar-refractivity contribution in [2.24, 2.45) is 0 Å². The van der Waals surface area contributed by atoms with Gasteiger partial charge in [0.05, 0.1) is 4.90 Å². The number of aromatic amines is 1. The lowest BCUT2D eigenvalue weighted by Gasteiger charge is -2.19. The van der Waals surface area contributed by atoms with Crippen molar-refractivity contribution in [3.63, 3.8) is 0 Å². The molecule has 1 aromatic heterocycles. The summed E-state index contributed by atoms with van der Waals surface area (Å²) in [6.07, 6.45) is 6.07. The van der Waals surface area contributed by atoms with Gasteiger partial charge in [-0.05, 0) is 61.8 Å². The zero-order valence-corrected chi connectivity index (χ0v) is 14.8. The number of benzene rings is 1. The summed E-state index contributed by atoms with van der Waals surface area (Å²) in [5, 5.41) is 6.45. The van der Waals surface area contributed by atoms with Gasteiger partial charge in [-0.3, -0.25) is 4.57 Å². The number of nitrogens with one attached hydrogen (secondary N) is 2. The van der Waals surface area contributed by atoms with Gasteiger partial charge in [0.1, 0.15) is 5.82 Å². The van der Waals surface area contributed by atoms with Crippen LogP contribution in [-0.2, 0) is 35.8 Å². The van der Waals surface area contributed by atoms with E-state index in [1.54, 1.807) is 10.6 Å². The predicted molar refractivity (Wildman–Crippen MR) is 93.0 cm³/mol. The van der Waals surface area contributed by atoms with Crippen molar-refractivity contribution in [3.05, 3.63) is 45.6 Å². The van der Waals surface area contributed by atoms with E-state index in [-0.39, 0.29) is 11.7 Å². The second-order valence-electron chi connectivity index (χ2n) is 6.88. The first-order chi connectivity index (χ1) is 12.0. The molecule has 1 aliphatic heterocycles. The fourth-order valence-electron chi connectivity index (χ4n) is 3.79. The molecule has 0 bridgehead atoms. The van der Waals surface area contributed by atoms with Crippen LogP contribution in [0.25, 0.3) is 0 Å². The van der Waals surface area contributed by atoms with Gasteiger partial charge in [-0.2, -0.15) is 5.10 Å². The van der Waals surface area contributed by atoms with E-state index < -0.39 is 10.0 Å². The van der Waals surface area contributed by atoms with Crippen molar-refractivity contribution < 1.29 is 8.42 Å². The molecular formula is C17H22N4O3S. The molecule has 1 aromatic carbocycles. The Hall–Kier alpha value is -1.93. The van der Waals surface area contributed by atoms with Gasteiger partial charge in [-0.15, -0.1) is 0 Å². The minimum Gasteiger partial charge on any atom is -0.279 e. The molecule has 0 saturated heterocycles. The minimum atomic E-state index is -3.56. The van der Waals surface area contributed by atoms with Crippen LogP contribution in [0.15, 0.2) is 27.9 Å². The molecular weight excluding hydrogens is 340 g/mol. The summed E-state index contributed by atoms with van der Waals surface area (Å²) in [5.41, 5.74) is 2.19. The van der Waals surface area contributed by atoms with E-state index in [9.17, 15) is 13.2 Å². The number of hydrogen-bond acceptors (Lipinski definition) is 4. The van der Waals surface area contributed by atoms with Crippen molar-refractivity contribution in [3.8, 4) is 0 Å². The normalized spacial score (nSPS) is 20.6. The van der Waals surface area contributed by atoms with Gasteiger partial charge in [0, 0.05) is 19.0 Å². The molecule has 8 heteroatoms. The van der Waals surface area contributed by atoms with Gasteiger partial charge >= 0.3 is 5.69 Å². The number of hydrogen-bond donors (Lipinski definition) is 2. The number of aromatic nitrogens is 3. The Labute approximate surface area is 146 Å². The summed E-state index contributed by atoms with van der Waals surface area (Å²) >= 11 is 0. The van der Waals surface area contributed by atoms with Gasteiger partial charge in [-0.25, -0.2) is 23.0 Å². The molecule has 2 heterocycles. The smallest absolute Gasteiger partial charge is 0.279 e. The van der Waals surface area contributed by atoms with Crippen molar-refractivity contribution in [1.29, 1.82) is 0 Å². The largest absolute Gasteiger partial charge is 0.343 e. The molecule has 2 aromatic rings. The number of nitrogens with zero attached hydrogens (tertiary/aromatic N) is 2. The van der Waals surface area contributed by atoms with E-state index in [1.165, 1.54) is 12.0 Å². The Morgan fingerprint density at radius 1 is 1.12 bits per heavy atom. The Morgan fingerprint density at radius 3 is 2.76 bits per heavy atom. The third-order valence-electron chi connectivity index (χ3n) is 5.21. The first kappa shape index (κ1) is 16.5. The minimum absolute atomic E-state index is 0.192. The van der Waals surface area contributed by atoms with E-state index in [2.05, 4.69) is 14.9 Å². The molecule has 1 aliphatic carbocycles. The summed E-state index contributed by atoms with van der Waals surface area (Å²) in [5.74, 6) is 0.695. The monoisotopic (exact) mass is 362 g/mol. The van der Waals surface area contributed by atoms with Gasteiger partial charge < -0.3 is 0 Å². The molecule has 134 valence electrons. The lowest BCUT2D eigenvalue weighted by atomic mass is 9.92. The zero-order chi connectivity index (χ0) is 17.4. The molecule has 0 unspecified atom stereocenters. The van der Waals surface area contributed by atoms with Crippen LogP contribution in [0, 0.1) is 0 Å². The standard InChI is InChI=1S/C17H22N4O3S/c22-17-19-18-16-8-6-14(9-10-21(16)17)20-25(23,24)15-7-5-12-3-1-2-4-13(12)11-15/h5,7,11,14,20H,1-4,6,8-10H2,(H,19,22)/t14-/m0/s1. The van der Waals surface area contributed by atoms with Crippen molar-refractivity contribution >= 4 is 10.0 Å². The van der Waals surface area contributed by atoms with Crippen LogP contribution in [0.1, 0.15) is 42.6 Å². The summed E-state index contributed by atoms with van der Waals surface area (Å²) in [6, 6.07) is 5.29. The summed E-state index contributed by atoms with van der Waals surface area (Å²) < 4.78 is 30.0. The molecule has 0 radical (unpaired) electrons. The van der Waals surface area contributed by atoms with Crippen LogP contribution >= 0.6 is 0 Å². The molecule has 0 saturated carbocycles. The second kappa shape index (κ2) is 6.42. The first-order valence-corrected chi connectivity index (χ1v) is 10.3. The highest BCUT2D eigenvalue weighted by Gasteiger charge is 2.25. The Balaban J connectivity index is 1.51. The fraction of sp³-hybridized carbons (Fsp3) is 0.529. The molecule has 1 atom stereocenters. The van der Waals surface area contributed by atoms with E-state index in [1.807, 2.05) is 12.1 Å². The van der Waals surface area contributed by atoms with Crippen LogP contribution in [0.2, 0.25) is 0 Å².